The maximum Gasteiger partial charge on any atom is 0.131 e. The zero-order valence-electron chi connectivity index (χ0n) is 11.8. The number of hydrogen-bond acceptors (Lipinski definition) is 1. The minimum atomic E-state index is -0.135. The van der Waals surface area contributed by atoms with Crippen LogP contribution in [0.2, 0.25) is 0 Å². The van der Waals surface area contributed by atoms with Gasteiger partial charge in [0.05, 0.1) is 0 Å². The van der Waals surface area contributed by atoms with Crippen molar-refractivity contribution in [3.63, 3.8) is 0 Å². The highest BCUT2D eigenvalue weighted by Crippen LogP contribution is 2.25. The van der Waals surface area contributed by atoms with Crippen molar-refractivity contribution in [1.82, 2.24) is 5.32 Å². The van der Waals surface area contributed by atoms with Gasteiger partial charge >= 0.3 is 0 Å². The largest absolute Gasteiger partial charge is 0.310 e. The number of halogens is 1. The summed E-state index contributed by atoms with van der Waals surface area (Å²) in [7, 11) is 0. The molecule has 1 fully saturated rings. The zero-order chi connectivity index (χ0) is 13.9. The van der Waals surface area contributed by atoms with Gasteiger partial charge in [-0.3, -0.25) is 0 Å². The predicted octanol–water partition coefficient (Wildman–Crippen LogP) is 4.31. The minimum Gasteiger partial charge on any atom is -0.310 e. The molecule has 2 aromatic rings. The molecule has 1 saturated carbocycles. The Kier molecular flexibility index (Phi) is 3.83. The molecule has 0 aliphatic heterocycles. The van der Waals surface area contributed by atoms with Crippen LogP contribution in [0.3, 0.4) is 0 Å². The Morgan fingerprint density at radius 1 is 1.05 bits per heavy atom. The van der Waals surface area contributed by atoms with Crippen LogP contribution in [0.1, 0.15) is 30.9 Å². The molecule has 1 nitrogen and oxygen atoms in total. The molecule has 0 radical (unpaired) electrons. The molecule has 1 N–H and O–H groups in total. The van der Waals surface area contributed by atoms with Gasteiger partial charge in [0.25, 0.3) is 0 Å². The third-order valence-electron chi connectivity index (χ3n) is 3.88. The SMILES string of the molecule is CCc1ccc(-c2ccc(CNC3CC3)cc2F)cc1. The van der Waals surface area contributed by atoms with Crippen LogP contribution in [0.25, 0.3) is 11.1 Å². The van der Waals surface area contributed by atoms with E-state index in [9.17, 15) is 4.39 Å². The first-order chi connectivity index (χ1) is 9.76. The van der Waals surface area contributed by atoms with E-state index in [2.05, 4.69) is 24.4 Å². The first kappa shape index (κ1) is 13.3. The molecule has 104 valence electrons. The normalized spacial score (nSPS) is 14.5. The molecule has 0 bridgehead atoms. The van der Waals surface area contributed by atoms with Gasteiger partial charge in [-0.2, -0.15) is 0 Å². The summed E-state index contributed by atoms with van der Waals surface area (Å²) in [6, 6.07) is 14.3. The second-order valence-corrected chi connectivity index (χ2v) is 5.52. The van der Waals surface area contributed by atoms with E-state index in [0.717, 1.165) is 24.1 Å². The summed E-state index contributed by atoms with van der Waals surface area (Å²) in [5.74, 6) is -0.135. The van der Waals surface area contributed by atoms with E-state index in [0.29, 0.717) is 11.6 Å². The second-order valence-electron chi connectivity index (χ2n) is 5.52. The molecule has 0 spiro atoms. The lowest BCUT2D eigenvalue weighted by Gasteiger charge is -2.08. The van der Waals surface area contributed by atoms with Crippen LogP contribution in [0, 0.1) is 5.82 Å². The van der Waals surface area contributed by atoms with Gasteiger partial charge in [0.1, 0.15) is 5.82 Å². The molecule has 2 aromatic carbocycles. The van der Waals surface area contributed by atoms with E-state index >= 15 is 0 Å². The first-order valence-electron chi connectivity index (χ1n) is 7.37. The Morgan fingerprint density at radius 3 is 2.35 bits per heavy atom. The molecule has 0 saturated heterocycles. The van der Waals surface area contributed by atoms with E-state index in [1.54, 1.807) is 6.07 Å². The van der Waals surface area contributed by atoms with Crippen LogP contribution in [0.15, 0.2) is 42.5 Å². The van der Waals surface area contributed by atoms with Crippen molar-refractivity contribution in [3.8, 4) is 11.1 Å². The van der Waals surface area contributed by atoms with Gasteiger partial charge < -0.3 is 5.32 Å². The van der Waals surface area contributed by atoms with Gasteiger partial charge in [-0.05, 0) is 42.0 Å². The highest BCUT2D eigenvalue weighted by molar-refractivity contribution is 5.64. The molecular formula is C18H20FN. The lowest BCUT2D eigenvalue weighted by Crippen LogP contribution is -2.15. The van der Waals surface area contributed by atoms with Gasteiger partial charge in [-0.15, -0.1) is 0 Å². The Bertz CT molecular complexity index is 585. The van der Waals surface area contributed by atoms with Crippen LogP contribution in [0.5, 0.6) is 0 Å². The van der Waals surface area contributed by atoms with E-state index in [4.69, 9.17) is 0 Å². The summed E-state index contributed by atoms with van der Waals surface area (Å²) in [6.07, 6.45) is 3.52. The summed E-state index contributed by atoms with van der Waals surface area (Å²) < 4.78 is 14.2. The highest BCUT2D eigenvalue weighted by atomic mass is 19.1. The fraction of sp³-hybridized carbons (Fsp3) is 0.333. The van der Waals surface area contributed by atoms with Crippen LogP contribution in [-0.4, -0.2) is 6.04 Å². The monoisotopic (exact) mass is 269 g/mol. The molecular weight excluding hydrogens is 249 g/mol. The molecule has 0 atom stereocenters. The Balaban J connectivity index is 1.77. The van der Waals surface area contributed by atoms with Crippen molar-refractivity contribution in [2.75, 3.05) is 0 Å². The van der Waals surface area contributed by atoms with Crippen molar-refractivity contribution in [2.45, 2.75) is 38.8 Å². The molecule has 0 aromatic heterocycles. The van der Waals surface area contributed by atoms with Crippen LogP contribution >= 0.6 is 0 Å². The average Bonchev–Trinajstić information content (AvgIpc) is 3.30. The topological polar surface area (TPSA) is 12.0 Å². The third-order valence-corrected chi connectivity index (χ3v) is 3.88. The number of benzene rings is 2. The minimum absolute atomic E-state index is 0.135. The van der Waals surface area contributed by atoms with E-state index < -0.39 is 0 Å². The summed E-state index contributed by atoms with van der Waals surface area (Å²) in [5, 5.41) is 3.41. The molecule has 0 amide bonds. The fourth-order valence-electron chi connectivity index (χ4n) is 2.37. The smallest absolute Gasteiger partial charge is 0.131 e. The maximum absolute atomic E-state index is 14.2. The van der Waals surface area contributed by atoms with Crippen molar-refractivity contribution in [2.24, 2.45) is 0 Å². The molecule has 0 heterocycles. The van der Waals surface area contributed by atoms with Crippen molar-refractivity contribution in [1.29, 1.82) is 0 Å². The lowest BCUT2D eigenvalue weighted by atomic mass is 10.0. The molecule has 1 aliphatic rings. The molecule has 20 heavy (non-hydrogen) atoms. The van der Waals surface area contributed by atoms with Gasteiger partial charge in [0.15, 0.2) is 0 Å². The standard InChI is InChI=1S/C18H20FN/c1-2-13-3-6-15(7-4-13)17-10-5-14(11-18(17)19)12-20-16-8-9-16/h3-7,10-11,16,20H,2,8-9,12H2,1H3. The number of hydrogen-bond donors (Lipinski definition) is 1. The molecule has 2 heteroatoms. The fourth-order valence-corrected chi connectivity index (χ4v) is 2.37. The van der Waals surface area contributed by atoms with Gasteiger partial charge in [-0.25, -0.2) is 4.39 Å². The number of aryl methyl sites for hydroxylation is 1. The predicted molar refractivity (Wildman–Crippen MR) is 81.1 cm³/mol. The van der Waals surface area contributed by atoms with E-state index in [-0.39, 0.29) is 5.82 Å². The van der Waals surface area contributed by atoms with Crippen LogP contribution in [0.4, 0.5) is 4.39 Å². The molecule has 1 aliphatic carbocycles. The summed E-state index contributed by atoms with van der Waals surface area (Å²) in [4.78, 5) is 0. The highest BCUT2D eigenvalue weighted by Gasteiger charge is 2.20. The zero-order valence-corrected chi connectivity index (χ0v) is 11.8. The summed E-state index contributed by atoms with van der Waals surface area (Å²) in [6.45, 7) is 2.88. The van der Waals surface area contributed by atoms with Crippen molar-refractivity contribution < 1.29 is 4.39 Å². The second kappa shape index (κ2) is 5.76. The van der Waals surface area contributed by atoms with E-state index in [1.807, 2.05) is 24.3 Å². The number of rotatable bonds is 5. The summed E-state index contributed by atoms with van der Waals surface area (Å²) in [5.41, 5.74) is 3.92. The third kappa shape index (κ3) is 3.07. The molecule has 3 rings (SSSR count). The van der Waals surface area contributed by atoms with Gasteiger partial charge in [-0.1, -0.05) is 43.3 Å². The molecule has 0 unspecified atom stereocenters. The number of nitrogens with one attached hydrogen (secondary N) is 1. The van der Waals surface area contributed by atoms with Crippen LogP contribution in [-0.2, 0) is 13.0 Å². The lowest BCUT2D eigenvalue weighted by molar-refractivity contribution is 0.623. The quantitative estimate of drug-likeness (QED) is 0.853. The van der Waals surface area contributed by atoms with Crippen molar-refractivity contribution >= 4 is 0 Å². The van der Waals surface area contributed by atoms with Crippen LogP contribution < -0.4 is 5.32 Å². The Hall–Kier alpha value is -1.67. The summed E-state index contributed by atoms with van der Waals surface area (Å²) >= 11 is 0. The van der Waals surface area contributed by atoms with Gasteiger partial charge in [0.2, 0.25) is 0 Å². The Morgan fingerprint density at radius 2 is 1.75 bits per heavy atom. The van der Waals surface area contributed by atoms with Gasteiger partial charge in [0, 0.05) is 18.2 Å². The van der Waals surface area contributed by atoms with Crippen molar-refractivity contribution in [3.05, 3.63) is 59.4 Å². The Labute approximate surface area is 119 Å². The average molecular weight is 269 g/mol. The van der Waals surface area contributed by atoms with E-state index in [1.165, 1.54) is 18.4 Å². The maximum atomic E-state index is 14.2. The first-order valence-corrected chi connectivity index (χ1v) is 7.37.